The Morgan fingerprint density at radius 3 is 2.55 bits per heavy atom. The molecule has 0 unspecified atom stereocenters. The average Bonchev–Trinajstić information content (AvgIpc) is 3.43. The summed E-state index contributed by atoms with van der Waals surface area (Å²) in [4.78, 5) is 16.5. The van der Waals surface area contributed by atoms with Crippen molar-refractivity contribution in [1.82, 2.24) is 9.47 Å². The highest BCUT2D eigenvalue weighted by atomic mass is 35.5. The Hall–Kier alpha value is -2.56. The molecule has 4 aromatic rings. The molecule has 5 rings (SSSR count). The van der Waals surface area contributed by atoms with Crippen LogP contribution in [0.2, 0.25) is 5.02 Å². The molecule has 0 bridgehead atoms. The monoisotopic (exact) mass is 448 g/mol. The number of carbonyl (C=O) groups excluding carboxylic acids is 1. The van der Waals surface area contributed by atoms with Crippen LogP contribution in [0.25, 0.3) is 21.5 Å². The first-order valence-electron chi connectivity index (χ1n) is 10.8. The molecule has 0 aliphatic carbocycles. The van der Waals surface area contributed by atoms with Crippen LogP contribution in [-0.2, 0) is 17.8 Å². The fourth-order valence-electron chi connectivity index (χ4n) is 4.61. The number of halogens is 1. The molecular weight excluding hydrogens is 424 g/mol. The summed E-state index contributed by atoms with van der Waals surface area (Å²) in [5.74, 6) is 0.853. The summed E-state index contributed by atoms with van der Waals surface area (Å²) in [5, 5.41) is 3.86. The SMILES string of the molecule is O=C(Cn1c(-c2cccs2)cc2cc(Cl)ccc21)N1CCC(Cc2ccccc2)CC1. The first kappa shape index (κ1) is 20.3. The van der Waals surface area contributed by atoms with Crippen molar-refractivity contribution in [2.45, 2.75) is 25.8 Å². The molecule has 0 atom stereocenters. The second-order valence-electron chi connectivity index (χ2n) is 8.31. The maximum Gasteiger partial charge on any atom is 0.242 e. The number of carbonyl (C=O) groups is 1. The van der Waals surface area contributed by atoms with E-state index in [-0.39, 0.29) is 5.91 Å². The van der Waals surface area contributed by atoms with Gasteiger partial charge in [-0.3, -0.25) is 4.79 Å². The molecular formula is C26H25ClN2OS. The van der Waals surface area contributed by atoms with Crippen molar-refractivity contribution >= 4 is 39.7 Å². The van der Waals surface area contributed by atoms with E-state index in [4.69, 9.17) is 11.6 Å². The van der Waals surface area contributed by atoms with Gasteiger partial charge >= 0.3 is 0 Å². The quantitative estimate of drug-likeness (QED) is 0.342. The van der Waals surface area contributed by atoms with Gasteiger partial charge in [0.2, 0.25) is 5.91 Å². The number of likely N-dealkylation sites (tertiary alicyclic amines) is 1. The van der Waals surface area contributed by atoms with Crippen LogP contribution in [0.1, 0.15) is 18.4 Å². The van der Waals surface area contributed by atoms with Gasteiger partial charge in [-0.15, -0.1) is 11.3 Å². The Kier molecular flexibility index (Phi) is 5.84. The van der Waals surface area contributed by atoms with Crippen LogP contribution in [0.5, 0.6) is 0 Å². The number of benzene rings is 2. The third-order valence-electron chi connectivity index (χ3n) is 6.26. The molecule has 0 N–H and O–H groups in total. The molecule has 1 saturated heterocycles. The van der Waals surface area contributed by atoms with Crippen LogP contribution in [-0.4, -0.2) is 28.5 Å². The zero-order chi connectivity index (χ0) is 21.2. The van der Waals surface area contributed by atoms with Crippen molar-refractivity contribution in [1.29, 1.82) is 0 Å². The lowest BCUT2D eigenvalue weighted by molar-refractivity contribution is -0.133. The van der Waals surface area contributed by atoms with Gasteiger partial charge in [-0.2, -0.15) is 0 Å². The standard InChI is InChI=1S/C26H25ClN2OS/c27-22-8-9-23-21(16-22)17-24(25-7-4-14-31-25)29(23)18-26(30)28-12-10-20(11-13-28)15-19-5-2-1-3-6-19/h1-9,14,16-17,20H,10-13,15,18H2. The van der Waals surface area contributed by atoms with Crippen LogP contribution in [0.3, 0.4) is 0 Å². The van der Waals surface area contributed by atoms with Gasteiger partial charge in [-0.1, -0.05) is 48.0 Å². The third kappa shape index (κ3) is 4.41. The number of nitrogens with zero attached hydrogens (tertiary/aromatic N) is 2. The Morgan fingerprint density at radius 1 is 1.00 bits per heavy atom. The number of piperidine rings is 1. The average molecular weight is 449 g/mol. The minimum atomic E-state index is 0.198. The Morgan fingerprint density at radius 2 is 1.81 bits per heavy atom. The zero-order valence-electron chi connectivity index (χ0n) is 17.3. The minimum absolute atomic E-state index is 0.198. The topological polar surface area (TPSA) is 25.2 Å². The number of fused-ring (bicyclic) bond motifs is 1. The highest BCUT2D eigenvalue weighted by Gasteiger charge is 2.24. The maximum atomic E-state index is 13.2. The summed E-state index contributed by atoms with van der Waals surface area (Å²) in [7, 11) is 0. The summed E-state index contributed by atoms with van der Waals surface area (Å²) in [6.07, 6.45) is 3.25. The highest BCUT2D eigenvalue weighted by Crippen LogP contribution is 2.33. The normalized spacial score (nSPS) is 14.9. The van der Waals surface area contributed by atoms with Gasteiger partial charge in [0.25, 0.3) is 0 Å². The highest BCUT2D eigenvalue weighted by molar-refractivity contribution is 7.13. The smallest absolute Gasteiger partial charge is 0.242 e. The van der Waals surface area contributed by atoms with E-state index in [0.717, 1.165) is 48.9 Å². The maximum absolute atomic E-state index is 13.2. The van der Waals surface area contributed by atoms with Crippen molar-refractivity contribution < 1.29 is 4.79 Å². The van der Waals surface area contributed by atoms with Crippen LogP contribution in [0.15, 0.2) is 72.1 Å². The van der Waals surface area contributed by atoms with Crippen molar-refractivity contribution in [3.8, 4) is 10.6 Å². The predicted octanol–water partition coefficient (Wildman–Crippen LogP) is 6.50. The fourth-order valence-corrected chi connectivity index (χ4v) is 5.54. The van der Waals surface area contributed by atoms with E-state index in [1.807, 2.05) is 29.2 Å². The third-order valence-corrected chi connectivity index (χ3v) is 7.39. The zero-order valence-corrected chi connectivity index (χ0v) is 18.9. The summed E-state index contributed by atoms with van der Waals surface area (Å²) in [6, 6.07) is 22.9. The summed E-state index contributed by atoms with van der Waals surface area (Å²) in [6.45, 7) is 2.05. The molecule has 2 aromatic heterocycles. The first-order chi connectivity index (χ1) is 15.2. The molecule has 0 saturated carbocycles. The second kappa shape index (κ2) is 8.89. The number of amides is 1. The van der Waals surface area contributed by atoms with E-state index in [0.29, 0.717) is 17.5 Å². The van der Waals surface area contributed by atoms with Gasteiger partial charge in [0.1, 0.15) is 6.54 Å². The van der Waals surface area contributed by atoms with Crippen molar-refractivity contribution in [3.63, 3.8) is 0 Å². The molecule has 1 amide bonds. The Balaban J connectivity index is 1.31. The molecule has 1 aliphatic rings. The first-order valence-corrected chi connectivity index (χ1v) is 12.1. The van der Waals surface area contributed by atoms with Gasteiger partial charge in [0.05, 0.1) is 10.6 Å². The van der Waals surface area contributed by atoms with E-state index in [9.17, 15) is 4.79 Å². The molecule has 2 aromatic carbocycles. The number of hydrogen-bond acceptors (Lipinski definition) is 2. The van der Waals surface area contributed by atoms with Gasteiger partial charge < -0.3 is 9.47 Å². The number of hydrogen-bond donors (Lipinski definition) is 0. The van der Waals surface area contributed by atoms with E-state index >= 15 is 0 Å². The molecule has 1 fully saturated rings. The molecule has 3 nitrogen and oxygen atoms in total. The summed E-state index contributed by atoms with van der Waals surface area (Å²) >= 11 is 7.92. The van der Waals surface area contributed by atoms with E-state index in [1.165, 1.54) is 10.4 Å². The van der Waals surface area contributed by atoms with Crippen molar-refractivity contribution in [2.75, 3.05) is 13.1 Å². The number of rotatable bonds is 5. The minimum Gasteiger partial charge on any atom is -0.341 e. The van der Waals surface area contributed by atoms with Crippen molar-refractivity contribution in [2.24, 2.45) is 5.92 Å². The van der Waals surface area contributed by atoms with Crippen LogP contribution >= 0.6 is 22.9 Å². The Bertz CT molecular complexity index is 1180. The molecule has 5 heteroatoms. The molecule has 0 radical (unpaired) electrons. The molecule has 158 valence electrons. The van der Waals surface area contributed by atoms with E-state index in [1.54, 1.807) is 11.3 Å². The van der Waals surface area contributed by atoms with Crippen molar-refractivity contribution in [3.05, 3.63) is 82.7 Å². The van der Waals surface area contributed by atoms with Gasteiger partial charge in [0, 0.05) is 29.0 Å². The lowest BCUT2D eigenvalue weighted by Crippen LogP contribution is -2.40. The van der Waals surface area contributed by atoms with Gasteiger partial charge in [-0.25, -0.2) is 0 Å². The summed E-state index contributed by atoms with van der Waals surface area (Å²) < 4.78 is 2.15. The molecule has 0 spiro atoms. The van der Waals surface area contributed by atoms with Crippen LogP contribution < -0.4 is 0 Å². The van der Waals surface area contributed by atoms with Crippen LogP contribution in [0.4, 0.5) is 0 Å². The summed E-state index contributed by atoms with van der Waals surface area (Å²) in [5.41, 5.74) is 3.53. The van der Waals surface area contributed by atoms with E-state index in [2.05, 4.69) is 52.4 Å². The Labute approximate surface area is 191 Å². The molecule has 1 aliphatic heterocycles. The van der Waals surface area contributed by atoms with E-state index < -0.39 is 0 Å². The fraction of sp³-hybridized carbons (Fsp3) is 0.269. The largest absolute Gasteiger partial charge is 0.341 e. The molecule has 3 heterocycles. The number of thiophene rings is 1. The van der Waals surface area contributed by atoms with Gasteiger partial charge in [-0.05, 0) is 66.5 Å². The van der Waals surface area contributed by atoms with Crippen LogP contribution in [0, 0.1) is 5.92 Å². The number of aromatic nitrogens is 1. The molecule has 31 heavy (non-hydrogen) atoms. The van der Waals surface area contributed by atoms with Gasteiger partial charge in [0.15, 0.2) is 0 Å². The lowest BCUT2D eigenvalue weighted by atomic mass is 9.90. The lowest BCUT2D eigenvalue weighted by Gasteiger charge is -2.32. The second-order valence-corrected chi connectivity index (χ2v) is 9.69. The predicted molar refractivity (Wildman–Crippen MR) is 130 cm³/mol.